The van der Waals surface area contributed by atoms with Crippen LogP contribution in [-0.4, -0.2) is 49.5 Å². The number of hydrogen-bond donors (Lipinski definition) is 0. The standard InChI is InChI=1S/C26H63Si7/c1-22(2,3)28(16,17)27-32(29(18,19)23(4,5)6)31(25(10,11)12,26(13,14)15)33(27,32)30(20,21)24(7,8)9/h1-21H3/q+1. The first kappa shape index (κ1) is 30.7. The molecule has 0 N–H and O–H groups in total. The largest absolute Gasteiger partial charge is 0.205 e. The highest BCUT2D eigenvalue weighted by molar-refractivity contribution is 8.72. The summed E-state index contributed by atoms with van der Waals surface area (Å²) in [5.74, 6) is 0. The minimum atomic E-state index is -1.42. The zero-order valence-corrected chi connectivity index (χ0v) is 34.0. The van der Waals surface area contributed by atoms with E-state index in [-0.39, 0.29) is 7.35 Å². The second kappa shape index (κ2) is 7.13. The highest BCUT2D eigenvalue weighted by Crippen LogP contribution is 2.90. The molecule has 2 fully saturated rings. The maximum Gasteiger partial charge on any atom is 0.205 e. The summed E-state index contributed by atoms with van der Waals surface area (Å²) in [4.78, 5) is 0. The van der Waals surface area contributed by atoms with E-state index in [1.165, 1.54) is 0 Å². The van der Waals surface area contributed by atoms with Gasteiger partial charge in [-0.1, -0.05) is 130 Å². The summed E-state index contributed by atoms with van der Waals surface area (Å²) in [7, 11) is -5.74. The fourth-order valence-electron chi connectivity index (χ4n) is 9.59. The number of rotatable bonds is 3. The molecule has 0 aromatic carbocycles. The van der Waals surface area contributed by atoms with Gasteiger partial charge in [0.2, 0.25) is 19.9 Å². The van der Waals surface area contributed by atoms with Crippen molar-refractivity contribution in [1.82, 2.24) is 0 Å². The van der Waals surface area contributed by atoms with Crippen molar-refractivity contribution in [2.24, 2.45) is 0 Å². The van der Waals surface area contributed by atoms with Crippen LogP contribution in [0.4, 0.5) is 0 Å². The smallest absolute Gasteiger partial charge is 0.0689 e. The van der Waals surface area contributed by atoms with Crippen LogP contribution in [-0.2, 0) is 0 Å². The van der Waals surface area contributed by atoms with Gasteiger partial charge >= 0.3 is 0 Å². The molecule has 2 aliphatic rings. The van der Waals surface area contributed by atoms with Crippen LogP contribution in [0.1, 0.15) is 104 Å². The minimum absolute atomic E-state index is 0.164. The van der Waals surface area contributed by atoms with Gasteiger partial charge < -0.3 is 0 Å². The Kier molecular flexibility index (Phi) is 6.64. The lowest BCUT2D eigenvalue weighted by atomic mass is 10.2. The van der Waals surface area contributed by atoms with Gasteiger partial charge in [-0.05, 0) is 38.3 Å². The normalized spacial score (nSPS) is 29.2. The van der Waals surface area contributed by atoms with Crippen LogP contribution in [0.25, 0.3) is 0 Å². The van der Waals surface area contributed by atoms with E-state index in [0.717, 1.165) is 0 Å². The summed E-state index contributed by atoms with van der Waals surface area (Å²) >= 11 is 0. The lowest BCUT2D eigenvalue weighted by Gasteiger charge is -2.55. The summed E-state index contributed by atoms with van der Waals surface area (Å²) in [5.41, 5.74) is 0. The van der Waals surface area contributed by atoms with E-state index in [0.29, 0.717) is 25.2 Å². The third-order valence-corrected chi connectivity index (χ3v) is 240. The van der Waals surface area contributed by atoms with Crippen LogP contribution in [0, 0.1) is 0 Å². The molecule has 2 aliphatic heterocycles. The molecular formula is C26H63Si7+. The molecule has 0 nitrogen and oxygen atoms in total. The van der Waals surface area contributed by atoms with E-state index in [1.54, 1.807) is 0 Å². The van der Waals surface area contributed by atoms with Crippen LogP contribution in [0.3, 0.4) is 0 Å². The maximum absolute atomic E-state index is 2.99. The molecule has 0 aromatic heterocycles. The van der Waals surface area contributed by atoms with E-state index in [1.807, 2.05) is 0 Å². The molecule has 0 bridgehead atoms. The molecule has 0 saturated carbocycles. The van der Waals surface area contributed by atoms with Gasteiger partial charge in [-0.15, -0.1) is 0 Å². The Morgan fingerprint density at radius 1 is 0.424 bits per heavy atom. The molecule has 2 rings (SSSR count). The lowest BCUT2D eigenvalue weighted by Crippen LogP contribution is -2.80. The van der Waals surface area contributed by atoms with Gasteiger partial charge in [0.25, 0.3) is 0 Å². The van der Waals surface area contributed by atoms with Crippen molar-refractivity contribution in [3.63, 3.8) is 0 Å². The Labute approximate surface area is 216 Å². The van der Waals surface area contributed by atoms with Gasteiger partial charge in [0, 0.05) is 0 Å². The van der Waals surface area contributed by atoms with Crippen LogP contribution in [0.15, 0.2) is 0 Å². The van der Waals surface area contributed by atoms with E-state index >= 15 is 0 Å². The zero-order chi connectivity index (χ0) is 27.1. The molecule has 7 heteroatoms. The van der Waals surface area contributed by atoms with E-state index in [9.17, 15) is 0 Å². The van der Waals surface area contributed by atoms with E-state index in [2.05, 4.69) is 143 Å². The molecule has 33 heavy (non-hydrogen) atoms. The van der Waals surface area contributed by atoms with E-state index < -0.39 is 42.2 Å². The van der Waals surface area contributed by atoms with Crippen molar-refractivity contribution < 1.29 is 0 Å². The Morgan fingerprint density at radius 3 is 0.818 bits per heavy atom. The molecule has 0 spiro atoms. The van der Waals surface area contributed by atoms with Crippen LogP contribution >= 0.6 is 0 Å². The van der Waals surface area contributed by atoms with Crippen molar-refractivity contribution in [3.05, 3.63) is 0 Å². The molecule has 2 saturated heterocycles. The third-order valence-electron chi connectivity index (χ3n) is 12.7. The van der Waals surface area contributed by atoms with Crippen molar-refractivity contribution in [2.75, 3.05) is 0 Å². The molecular weight excluding hydrogens is 509 g/mol. The first-order valence-electron chi connectivity index (χ1n) is 13.8. The van der Waals surface area contributed by atoms with Crippen molar-refractivity contribution in [1.29, 1.82) is 0 Å². The second-order valence-corrected chi connectivity index (χ2v) is 104. The third kappa shape index (κ3) is 2.99. The molecule has 0 amide bonds. The fourth-order valence-corrected chi connectivity index (χ4v) is 559. The average Bonchev–Trinajstić information content (AvgIpc) is 3.24. The van der Waals surface area contributed by atoms with Gasteiger partial charge in [-0.2, -0.15) is 0 Å². The highest BCUT2D eigenvalue weighted by atomic mass is 31.0. The molecule has 0 aromatic rings. The Morgan fingerprint density at radius 2 is 0.667 bits per heavy atom. The minimum Gasteiger partial charge on any atom is -0.0689 e. The molecule has 0 aliphatic carbocycles. The Hall–Kier alpha value is 1.52. The summed E-state index contributed by atoms with van der Waals surface area (Å²) in [6, 6.07) is 0. The highest BCUT2D eigenvalue weighted by Gasteiger charge is 3.29. The van der Waals surface area contributed by atoms with E-state index in [4.69, 9.17) is 0 Å². The molecule has 2 heterocycles. The monoisotopic (exact) mass is 571 g/mol. The predicted octanol–water partition coefficient (Wildman–Crippen LogP) is 9.61. The van der Waals surface area contributed by atoms with Gasteiger partial charge in [0.1, 0.15) is 7.11 Å². The Balaban J connectivity index is 3.22. The SMILES string of the molecule is CC(C)(C)[Si](C)(C)[Si+]1[Si]2([Si](C)(C)C(C)(C)C)[Si](C(C)(C)C)(C(C)(C)C)[Si]12[Si](C)(C)C(C)(C)C. The molecule has 2 unspecified atom stereocenters. The number of fused-ring (bicyclic) bond motifs is 1. The first-order chi connectivity index (χ1) is 13.9. The summed E-state index contributed by atoms with van der Waals surface area (Å²) in [6.45, 7) is 58.8. The van der Waals surface area contributed by atoms with Gasteiger partial charge in [-0.3, -0.25) is 0 Å². The van der Waals surface area contributed by atoms with Gasteiger partial charge in [0.05, 0.1) is 15.2 Å². The number of hydrogen-bond acceptors (Lipinski definition) is 0. The Bertz CT molecular complexity index is 750. The predicted molar refractivity (Wildman–Crippen MR) is 174 cm³/mol. The first-order valence-corrected chi connectivity index (χ1v) is 38.2. The lowest BCUT2D eigenvalue weighted by molar-refractivity contribution is 0.652. The maximum atomic E-state index is 2.99. The van der Waals surface area contributed by atoms with Crippen molar-refractivity contribution >= 4 is 49.5 Å². The average molecular weight is 572 g/mol. The fraction of sp³-hybridized carbons (Fsp3) is 1.00. The molecule has 0 radical (unpaired) electrons. The second-order valence-electron chi connectivity index (χ2n) is 18.8. The van der Waals surface area contributed by atoms with Crippen LogP contribution < -0.4 is 0 Å². The summed E-state index contributed by atoms with van der Waals surface area (Å²) in [6.07, 6.45) is -2.56. The van der Waals surface area contributed by atoms with Gasteiger partial charge in [-0.25, -0.2) is 0 Å². The summed E-state index contributed by atoms with van der Waals surface area (Å²) in [5, 5.41) is 2.85. The van der Waals surface area contributed by atoms with Crippen molar-refractivity contribution in [3.8, 4) is 0 Å². The molecule has 2 atom stereocenters. The molecule has 194 valence electrons. The topological polar surface area (TPSA) is 0 Å². The zero-order valence-electron chi connectivity index (χ0n) is 27.0. The van der Waals surface area contributed by atoms with Crippen molar-refractivity contribution in [2.45, 2.75) is 168 Å². The van der Waals surface area contributed by atoms with Crippen LogP contribution in [0.2, 0.25) is 64.5 Å². The van der Waals surface area contributed by atoms with Gasteiger partial charge in [0.15, 0.2) is 7.35 Å². The van der Waals surface area contributed by atoms with Crippen LogP contribution in [0.5, 0.6) is 0 Å². The quantitative estimate of drug-likeness (QED) is 0.296. The summed E-state index contributed by atoms with van der Waals surface area (Å²) < 4.78 is 0.